The summed E-state index contributed by atoms with van der Waals surface area (Å²) in [5, 5.41) is 16.6. The molecular formula is C25H29FN6O4. The van der Waals surface area contributed by atoms with Crippen LogP contribution in [0.1, 0.15) is 48.2 Å². The highest BCUT2D eigenvalue weighted by Crippen LogP contribution is 2.31. The molecule has 1 fully saturated rings. The molecule has 0 radical (unpaired) electrons. The topological polar surface area (TPSA) is 122 Å². The van der Waals surface area contributed by atoms with Crippen LogP contribution in [-0.2, 0) is 16.1 Å². The fraction of sp³-hybridized carbons (Fsp3) is 0.400. The van der Waals surface area contributed by atoms with Gasteiger partial charge in [-0.2, -0.15) is 5.10 Å². The van der Waals surface area contributed by atoms with Gasteiger partial charge in [-0.05, 0) is 25.0 Å². The zero-order valence-electron chi connectivity index (χ0n) is 20.3. The third-order valence-electron chi connectivity index (χ3n) is 6.00. The monoisotopic (exact) mass is 496 g/mol. The van der Waals surface area contributed by atoms with Crippen molar-refractivity contribution in [2.45, 2.75) is 44.8 Å². The molecule has 4 rings (SSSR count). The van der Waals surface area contributed by atoms with Crippen LogP contribution in [-0.4, -0.2) is 63.5 Å². The van der Waals surface area contributed by atoms with E-state index in [9.17, 15) is 14.0 Å². The number of benzene rings is 1. The van der Waals surface area contributed by atoms with Gasteiger partial charge in [0, 0.05) is 43.7 Å². The Morgan fingerprint density at radius 2 is 1.86 bits per heavy atom. The highest BCUT2D eigenvalue weighted by atomic mass is 19.1. The molecule has 36 heavy (non-hydrogen) atoms. The van der Waals surface area contributed by atoms with Crippen molar-refractivity contribution in [3.8, 4) is 16.9 Å². The summed E-state index contributed by atoms with van der Waals surface area (Å²) in [6, 6.07) is 6.09. The largest absolute Gasteiger partial charge is 0.480 e. The van der Waals surface area contributed by atoms with Crippen molar-refractivity contribution in [3.05, 3.63) is 53.7 Å². The number of carboxylic acid groups (broad SMARTS) is 1. The standard InChI is InChI=1S/C25H29FN6O4/c1-31(2)25-27-12-16(13-28-25)23-18(14-36-15-21(33)34)22(24(35)29-17-8-4-3-5-9-17)30-32(23)20-11-7-6-10-19(20)26/h6-7,10-13,17H,3-5,8-9,14-15H2,1-2H3,(H,29,35)(H,33,34). The van der Waals surface area contributed by atoms with Gasteiger partial charge in [0.2, 0.25) is 5.95 Å². The molecule has 0 spiro atoms. The normalized spacial score (nSPS) is 14.0. The third-order valence-corrected chi connectivity index (χ3v) is 6.00. The summed E-state index contributed by atoms with van der Waals surface area (Å²) in [4.78, 5) is 34.9. The Hall–Kier alpha value is -3.86. The van der Waals surface area contributed by atoms with E-state index in [1.165, 1.54) is 10.7 Å². The van der Waals surface area contributed by atoms with Crippen molar-refractivity contribution >= 4 is 17.8 Å². The van der Waals surface area contributed by atoms with Gasteiger partial charge in [0.15, 0.2) is 5.69 Å². The van der Waals surface area contributed by atoms with Gasteiger partial charge in [0.05, 0.1) is 12.3 Å². The van der Waals surface area contributed by atoms with E-state index in [-0.39, 0.29) is 24.0 Å². The van der Waals surface area contributed by atoms with Crippen molar-refractivity contribution in [2.24, 2.45) is 0 Å². The minimum Gasteiger partial charge on any atom is -0.480 e. The number of aliphatic carboxylic acids is 1. The van der Waals surface area contributed by atoms with E-state index in [1.54, 1.807) is 49.6 Å². The Labute approximate surface area is 208 Å². The van der Waals surface area contributed by atoms with E-state index in [2.05, 4.69) is 20.4 Å². The molecule has 190 valence electrons. The molecular weight excluding hydrogens is 467 g/mol. The van der Waals surface area contributed by atoms with E-state index in [0.29, 0.717) is 22.8 Å². The number of amides is 1. The molecule has 1 saturated carbocycles. The first-order chi connectivity index (χ1) is 17.3. The Balaban J connectivity index is 1.84. The quantitative estimate of drug-likeness (QED) is 0.463. The van der Waals surface area contributed by atoms with Crippen LogP contribution in [0.25, 0.3) is 16.9 Å². The second kappa shape index (κ2) is 11.3. The van der Waals surface area contributed by atoms with Crippen molar-refractivity contribution < 1.29 is 23.8 Å². The average molecular weight is 497 g/mol. The van der Waals surface area contributed by atoms with Crippen LogP contribution in [0.15, 0.2) is 36.7 Å². The van der Waals surface area contributed by atoms with Crippen LogP contribution >= 0.6 is 0 Å². The minimum absolute atomic E-state index is 0.0174. The summed E-state index contributed by atoms with van der Waals surface area (Å²) in [6.45, 7) is -0.789. The third kappa shape index (κ3) is 5.68. The first kappa shape index (κ1) is 25.2. The lowest BCUT2D eigenvalue weighted by Crippen LogP contribution is -2.36. The Morgan fingerprint density at radius 3 is 2.50 bits per heavy atom. The number of nitrogens with zero attached hydrogens (tertiary/aromatic N) is 5. The molecule has 10 nitrogen and oxygen atoms in total. The number of ether oxygens (including phenoxy) is 1. The highest BCUT2D eigenvalue weighted by Gasteiger charge is 2.28. The predicted molar refractivity (Wildman–Crippen MR) is 131 cm³/mol. The molecule has 1 aromatic carbocycles. The molecule has 11 heteroatoms. The fourth-order valence-electron chi connectivity index (χ4n) is 4.28. The van der Waals surface area contributed by atoms with Crippen LogP contribution in [0, 0.1) is 5.82 Å². The number of rotatable bonds is 9. The summed E-state index contributed by atoms with van der Waals surface area (Å²) < 4.78 is 21.6. The number of aromatic nitrogens is 4. The first-order valence-corrected chi connectivity index (χ1v) is 11.8. The Bertz CT molecular complexity index is 1220. The number of carbonyl (C=O) groups excluding carboxylic acids is 1. The van der Waals surface area contributed by atoms with E-state index in [4.69, 9.17) is 9.84 Å². The number of nitrogens with one attached hydrogen (secondary N) is 1. The summed E-state index contributed by atoms with van der Waals surface area (Å²) in [5.41, 5.74) is 1.32. The number of carboxylic acids is 1. The number of carbonyl (C=O) groups is 2. The van der Waals surface area contributed by atoms with Gasteiger partial charge in [-0.15, -0.1) is 0 Å². The van der Waals surface area contributed by atoms with Crippen LogP contribution in [0.2, 0.25) is 0 Å². The van der Waals surface area contributed by atoms with Gasteiger partial charge in [-0.3, -0.25) is 4.79 Å². The Kier molecular flexibility index (Phi) is 7.89. The molecule has 3 aromatic rings. The number of para-hydroxylation sites is 1. The number of hydrogen-bond acceptors (Lipinski definition) is 7. The zero-order chi connectivity index (χ0) is 25.7. The number of anilines is 1. The maximum Gasteiger partial charge on any atom is 0.329 e. The van der Waals surface area contributed by atoms with E-state index in [1.807, 2.05) is 0 Å². The van der Waals surface area contributed by atoms with Crippen LogP contribution in [0.4, 0.5) is 10.3 Å². The van der Waals surface area contributed by atoms with E-state index in [0.717, 1.165) is 32.1 Å². The SMILES string of the molecule is CN(C)c1ncc(-c2c(COCC(=O)O)c(C(=O)NC3CCCCC3)nn2-c2ccccc2F)cn1. The smallest absolute Gasteiger partial charge is 0.329 e. The molecule has 2 N–H and O–H groups in total. The van der Waals surface area contributed by atoms with Gasteiger partial charge < -0.3 is 20.1 Å². The lowest BCUT2D eigenvalue weighted by Gasteiger charge is -2.22. The molecule has 2 aromatic heterocycles. The molecule has 1 aliphatic carbocycles. The number of halogens is 1. The van der Waals surface area contributed by atoms with E-state index >= 15 is 0 Å². The van der Waals surface area contributed by atoms with Crippen LogP contribution in [0.5, 0.6) is 0 Å². The molecule has 0 aliphatic heterocycles. The van der Waals surface area contributed by atoms with Crippen molar-refractivity contribution in [3.63, 3.8) is 0 Å². The van der Waals surface area contributed by atoms with Gasteiger partial charge in [0.1, 0.15) is 18.1 Å². The summed E-state index contributed by atoms with van der Waals surface area (Å²) in [6.07, 6.45) is 8.05. The van der Waals surface area contributed by atoms with Gasteiger partial charge in [-0.25, -0.2) is 23.8 Å². The van der Waals surface area contributed by atoms with Crippen LogP contribution < -0.4 is 10.2 Å². The molecule has 1 aliphatic rings. The molecule has 1 amide bonds. The van der Waals surface area contributed by atoms with Crippen molar-refractivity contribution in [1.29, 1.82) is 0 Å². The molecule has 0 atom stereocenters. The molecule has 0 bridgehead atoms. The second-order valence-corrected chi connectivity index (χ2v) is 8.90. The first-order valence-electron chi connectivity index (χ1n) is 11.8. The maximum atomic E-state index is 14.9. The Morgan fingerprint density at radius 1 is 1.17 bits per heavy atom. The van der Waals surface area contributed by atoms with Gasteiger partial charge >= 0.3 is 5.97 Å². The lowest BCUT2D eigenvalue weighted by molar-refractivity contribution is -0.142. The van der Waals surface area contributed by atoms with E-state index < -0.39 is 24.3 Å². The summed E-state index contributed by atoms with van der Waals surface area (Å²) in [5.74, 6) is -1.64. The second-order valence-electron chi connectivity index (χ2n) is 8.90. The summed E-state index contributed by atoms with van der Waals surface area (Å²) >= 11 is 0. The molecule has 2 heterocycles. The van der Waals surface area contributed by atoms with Crippen molar-refractivity contribution in [1.82, 2.24) is 25.1 Å². The molecule has 0 saturated heterocycles. The minimum atomic E-state index is -1.15. The summed E-state index contributed by atoms with van der Waals surface area (Å²) in [7, 11) is 3.61. The van der Waals surface area contributed by atoms with Crippen LogP contribution in [0.3, 0.4) is 0 Å². The van der Waals surface area contributed by atoms with Crippen molar-refractivity contribution in [2.75, 3.05) is 25.6 Å². The lowest BCUT2D eigenvalue weighted by atomic mass is 9.95. The zero-order valence-corrected chi connectivity index (χ0v) is 20.3. The molecule has 0 unspecified atom stereocenters. The number of hydrogen-bond donors (Lipinski definition) is 2. The van der Waals surface area contributed by atoms with Gasteiger partial charge in [0.25, 0.3) is 5.91 Å². The maximum absolute atomic E-state index is 14.9. The van der Waals surface area contributed by atoms with Gasteiger partial charge in [-0.1, -0.05) is 31.4 Å². The predicted octanol–water partition coefficient (Wildman–Crippen LogP) is 3.20. The average Bonchev–Trinajstić information content (AvgIpc) is 3.24. The fourth-order valence-corrected chi connectivity index (χ4v) is 4.28. The highest BCUT2D eigenvalue weighted by molar-refractivity contribution is 5.96.